The van der Waals surface area contributed by atoms with Crippen molar-refractivity contribution in [2.24, 2.45) is 5.92 Å². The third-order valence-electron chi connectivity index (χ3n) is 2.95. The summed E-state index contributed by atoms with van der Waals surface area (Å²) in [4.78, 5) is 10.7. The van der Waals surface area contributed by atoms with Gasteiger partial charge >= 0.3 is 0 Å². The molecule has 0 unspecified atom stereocenters. The third-order valence-corrected chi connectivity index (χ3v) is 2.95. The summed E-state index contributed by atoms with van der Waals surface area (Å²) in [5.74, 6) is 1.25. The molecule has 4 heteroatoms. The van der Waals surface area contributed by atoms with Crippen molar-refractivity contribution in [3.63, 3.8) is 0 Å². The molecule has 0 aromatic heterocycles. The quantitative estimate of drug-likeness (QED) is 0.587. The van der Waals surface area contributed by atoms with Crippen molar-refractivity contribution in [3.05, 3.63) is 76.0 Å². The molecule has 2 aromatic carbocycles. The van der Waals surface area contributed by atoms with Crippen LogP contribution in [-0.4, -0.2) is 4.92 Å². The van der Waals surface area contributed by atoms with Gasteiger partial charge in [0.05, 0.1) is 4.92 Å². The van der Waals surface area contributed by atoms with Crippen LogP contribution in [0, 0.1) is 16.0 Å². The Morgan fingerprint density at radius 2 is 1.76 bits per heavy atom. The van der Waals surface area contributed by atoms with Crippen LogP contribution in [0.1, 0.15) is 19.4 Å². The molecule has 0 atom stereocenters. The van der Waals surface area contributed by atoms with Crippen LogP contribution in [0.3, 0.4) is 0 Å². The topological polar surface area (TPSA) is 52.4 Å². The van der Waals surface area contributed by atoms with Gasteiger partial charge in [-0.1, -0.05) is 44.2 Å². The van der Waals surface area contributed by atoms with Crippen LogP contribution in [-0.2, 0) is 0 Å². The maximum Gasteiger partial charge on any atom is 0.249 e. The third kappa shape index (κ3) is 4.18. The molecule has 0 spiro atoms. The van der Waals surface area contributed by atoms with Crippen LogP contribution < -0.4 is 4.74 Å². The van der Waals surface area contributed by atoms with E-state index in [4.69, 9.17) is 4.74 Å². The molecule has 0 heterocycles. The molecule has 21 heavy (non-hydrogen) atoms. The number of rotatable bonds is 5. The van der Waals surface area contributed by atoms with E-state index in [1.807, 2.05) is 48.5 Å². The molecule has 0 aliphatic carbocycles. The smallest absolute Gasteiger partial charge is 0.249 e. The predicted octanol–water partition coefficient (Wildman–Crippen LogP) is 4.75. The highest BCUT2D eigenvalue weighted by Gasteiger charge is 2.15. The highest BCUT2D eigenvalue weighted by Crippen LogP contribution is 2.23. The van der Waals surface area contributed by atoms with Gasteiger partial charge in [-0.25, -0.2) is 0 Å². The summed E-state index contributed by atoms with van der Waals surface area (Å²) < 4.78 is 5.72. The second-order valence-electron chi connectivity index (χ2n) is 4.97. The van der Waals surface area contributed by atoms with E-state index in [2.05, 4.69) is 0 Å². The van der Waals surface area contributed by atoms with Gasteiger partial charge in [0.2, 0.25) is 5.70 Å². The fraction of sp³-hybridized carbons (Fsp3) is 0.176. The Morgan fingerprint density at radius 3 is 2.38 bits per heavy atom. The molecule has 0 saturated carbocycles. The predicted molar refractivity (Wildman–Crippen MR) is 82.8 cm³/mol. The Hall–Kier alpha value is -2.62. The minimum Gasteiger partial charge on any atom is -0.457 e. The van der Waals surface area contributed by atoms with E-state index in [0.717, 1.165) is 11.3 Å². The van der Waals surface area contributed by atoms with E-state index in [1.165, 1.54) is 0 Å². The summed E-state index contributed by atoms with van der Waals surface area (Å²) in [5, 5.41) is 11.0. The van der Waals surface area contributed by atoms with E-state index in [-0.39, 0.29) is 16.5 Å². The van der Waals surface area contributed by atoms with Crippen molar-refractivity contribution in [1.29, 1.82) is 0 Å². The maximum atomic E-state index is 11.0. The minimum atomic E-state index is -0.338. The zero-order chi connectivity index (χ0) is 15.2. The van der Waals surface area contributed by atoms with Gasteiger partial charge in [0.15, 0.2) is 0 Å². The zero-order valence-corrected chi connectivity index (χ0v) is 12.0. The number of benzene rings is 2. The summed E-state index contributed by atoms with van der Waals surface area (Å²) in [7, 11) is 0. The molecular formula is C17H17NO3. The molecule has 0 aliphatic heterocycles. The largest absolute Gasteiger partial charge is 0.457 e. The molecule has 0 saturated heterocycles. The molecule has 4 nitrogen and oxygen atoms in total. The molecular weight excluding hydrogens is 266 g/mol. The molecule has 2 rings (SSSR count). The second kappa shape index (κ2) is 6.70. The van der Waals surface area contributed by atoms with Crippen LogP contribution >= 0.6 is 0 Å². The minimum absolute atomic E-state index is 0.140. The number of hydrogen-bond donors (Lipinski definition) is 0. The van der Waals surface area contributed by atoms with Crippen LogP contribution in [0.4, 0.5) is 0 Å². The first kappa shape index (κ1) is 14.8. The van der Waals surface area contributed by atoms with E-state index >= 15 is 0 Å². The number of ether oxygens (including phenoxy) is 1. The lowest BCUT2D eigenvalue weighted by Gasteiger charge is -2.06. The summed E-state index contributed by atoms with van der Waals surface area (Å²) in [6.07, 6.45) is 1.59. The van der Waals surface area contributed by atoms with E-state index in [1.54, 1.807) is 26.0 Å². The summed E-state index contributed by atoms with van der Waals surface area (Å²) in [5.41, 5.74) is 0.940. The number of hydrogen-bond acceptors (Lipinski definition) is 3. The Balaban J connectivity index is 2.25. The lowest BCUT2D eigenvalue weighted by atomic mass is 10.1. The lowest BCUT2D eigenvalue weighted by Crippen LogP contribution is -2.05. The number of nitro groups is 1. The maximum absolute atomic E-state index is 11.0. The van der Waals surface area contributed by atoms with E-state index in [9.17, 15) is 10.1 Å². The highest BCUT2D eigenvalue weighted by atomic mass is 16.6. The average molecular weight is 283 g/mol. The fourth-order valence-electron chi connectivity index (χ4n) is 1.89. The van der Waals surface area contributed by atoms with Gasteiger partial charge in [0, 0.05) is 12.0 Å². The van der Waals surface area contributed by atoms with Gasteiger partial charge in [0.1, 0.15) is 11.5 Å². The second-order valence-corrected chi connectivity index (χ2v) is 4.97. The van der Waals surface area contributed by atoms with Crippen molar-refractivity contribution < 1.29 is 9.66 Å². The fourth-order valence-corrected chi connectivity index (χ4v) is 1.89. The SMILES string of the molecule is CC(C)/C(=C/c1cccc(Oc2ccccc2)c1)[N+](=O)[O-]. The number of para-hydroxylation sites is 1. The number of nitrogens with zero attached hydrogens (tertiary/aromatic N) is 1. The average Bonchev–Trinajstić information content (AvgIpc) is 2.45. The molecule has 0 bridgehead atoms. The Labute approximate surface area is 123 Å². The Kier molecular flexibility index (Phi) is 4.72. The summed E-state index contributed by atoms with van der Waals surface area (Å²) >= 11 is 0. The first-order chi connectivity index (χ1) is 10.1. The molecule has 0 N–H and O–H groups in total. The summed E-state index contributed by atoms with van der Waals surface area (Å²) in [6, 6.07) is 16.7. The van der Waals surface area contributed by atoms with Gasteiger partial charge in [-0.3, -0.25) is 10.1 Å². The van der Waals surface area contributed by atoms with Gasteiger partial charge < -0.3 is 4.74 Å². The highest BCUT2D eigenvalue weighted by molar-refractivity contribution is 5.54. The van der Waals surface area contributed by atoms with Crippen molar-refractivity contribution in [2.45, 2.75) is 13.8 Å². The van der Waals surface area contributed by atoms with Crippen LogP contribution in [0.5, 0.6) is 11.5 Å². The molecule has 0 amide bonds. The monoisotopic (exact) mass is 283 g/mol. The summed E-state index contributed by atoms with van der Waals surface area (Å²) in [6.45, 7) is 3.61. The van der Waals surface area contributed by atoms with Crippen molar-refractivity contribution in [2.75, 3.05) is 0 Å². The molecule has 0 fully saturated rings. The van der Waals surface area contributed by atoms with E-state index < -0.39 is 0 Å². The molecule has 0 radical (unpaired) electrons. The van der Waals surface area contributed by atoms with Gasteiger partial charge in [-0.15, -0.1) is 0 Å². The number of allylic oxidation sites excluding steroid dienone is 1. The normalized spacial score (nSPS) is 11.5. The zero-order valence-electron chi connectivity index (χ0n) is 12.0. The van der Waals surface area contributed by atoms with Crippen LogP contribution in [0.25, 0.3) is 6.08 Å². The van der Waals surface area contributed by atoms with Gasteiger partial charge in [-0.05, 0) is 29.8 Å². The molecule has 108 valence electrons. The van der Waals surface area contributed by atoms with Crippen molar-refractivity contribution >= 4 is 6.08 Å². The van der Waals surface area contributed by atoms with Gasteiger partial charge in [-0.2, -0.15) is 0 Å². The Bertz CT molecular complexity index is 648. The molecule has 2 aromatic rings. The van der Waals surface area contributed by atoms with Crippen molar-refractivity contribution in [3.8, 4) is 11.5 Å². The van der Waals surface area contributed by atoms with Crippen LogP contribution in [0.15, 0.2) is 60.3 Å². The van der Waals surface area contributed by atoms with E-state index in [0.29, 0.717) is 5.75 Å². The molecule has 0 aliphatic rings. The first-order valence-corrected chi connectivity index (χ1v) is 6.75. The van der Waals surface area contributed by atoms with Crippen molar-refractivity contribution in [1.82, 2.24) is 0 Å². The Morgan fingerprint density at radius 1 is 1.10 bits per heavy atom. The lowest BCUT2D eigenvalue weighted by molar-refractivity contribution is -0.431. The standard InChI is InChI=1S/C17H17NO3/c1-13(2)17(18(19)20)12-14-7-6-10-16(11-14)21-15-8-4-3-5-9-15/h3-13H,1-2H3/b17-12-. The van der Waals surface area contributed by atoms with Crippen LogP contribution in [0.2, 0.25) is 0 Å². The first-order valence-electron chi connectivity index (χ1n) is 6.75. The van der Waals surface area contributed by atoms with Gasteiger partial charge in [0.25, 0.3) is 0 Å².